The molecule has 4 rings (SSSR count). The van der Waals surface area contributed by atoms with Crippen molar-refractivity contribution in [1.29, 1.82) is 0 Å². The number of carbonyl (C=O) groups is 2. The minimum Gasteiger partial charge on any atom is -0.497 e. The summed E-state index contributed by atoms with van der Waals surface area (Å²) in [6, 6.07) is 21.6. The number of hydrogen-bond acceptors (Lipinski definition) is 5. The highest BCUT2D eigenvalue weighted by Gasteiger charge is 2.23. The second-order valence-electron chi connectivity index (χ2n) is 7.06. The first kappa shape index (κ1) is 21.7. The molecule has 0 saturated carbocycles. The maximum absolute atomic E-state index is 13.1. The Morgan fingerprint density at radius 3 is 2.39 bits per heavy atom. The van der Waals surface area contributed by atoms with Crippen LogP contribution in [-0.2, 0) is 4.79 Å². The van der Waals surface area contributed by atoms with E-state index in [9.17, 15) is 9.59 Å². The van der Waals surface area contributed by atoms with Gasteiger partial charge in [0.2, 0.25) is 11.7 Å². The topological polar surface area (TPSA) is 89.8 Å². The number of fused-ring (bicyclic) bond motifs is 1. The molecule has 33 heavy (non-hydrogen) atoms. The molecule has 0 atom stereocenters. The molecule has 0 radical (unpaired) electrons. The Hall–Kier alpha value is -4.52. The standard InChI is InChI=1S/C26H22N2O5/c1-31-18-13-14-20(22(16-18)32-2)27-26(30)25-24(19-10-6-7-11-21(19)33-25)28-23(29)15-12-17-8-4-3-5-9-17/h3-16H,1-2H3,(H,27,30)(H,28,29). The van der Waals surface area contributed by atoms with Crippen molar-refractivity contribution >= 4 is 40.2 Å². The average Bonchev–Trinajstić information content (AvgIpc) is 3.22. The Bertz CT molecular complexity index is 1330. The first-order chi connectivity index (χ1) is 16.1. The van der Waals surface area contributed by atoms with Crippen molar-refractivity contribution in [1.82, 2.24) is 0 Å². The van der Waals surface area contributed by atoms with Crippen molar-refractivity contribution in [3.63, 3.8) is 0 Å². The lowest BCUT2D eigenvalue weighted by molar-refractivity contribution is -0.111. The summed E-state index contributed by atoms with van der Waals surface area (Å²) in [6.45, 7) is 0. The van der Waals surface area contributed by atoms with E-state index in [0.29, 0.717) is 33.8 Å². The molecular formula is C26H22N2O5. The summed E-state index contributed by atoms with van der Waals surface area (Å²) in [5.41, 5.74) is 2.09. The molecule has 0 aliphatic heterocycles. The van der Waals surface area contributed by atoms with E-state index in [2.05, 4.69) is 10.6 Å². The molecule has 0 aliphatic carbocycles. The van der Waals surface area contributed by atoms with E-state index in [-0.39, 0.29) is 11.7 Å². The molecule has 2 N–H and O–H groups in total. The molecule has 166 valence electrons. The number of carbonyl (C=O) groups excluding carboxylic acids is 2. The van der Waals surface area contributed by atoms with Gasteiger partial charge in [-0.15, -0.1) is 0 Å². The van der Waals surface area contributed by atoms with Gasteiger partial charge in [0.1, 0.15) is 22.8 Å². The van der Waals surface area contributed by atoms with Gasteiger partial charge in [-0.3, -0.25) is 9.59 Å². The molecule has 0 saturated heterocycles. The van der Waals surface area contributed by atoms with E-state index < -0.39 is 5.91 Å². The maximum Gasteiger partial charge on any atom is 0.293 e. The third kappa shape index (κ3) is 4.88. The van der Waals surface area contributed by atoms with E-state index in [1.807, 2.05) is 36.4 Å². The highest BCUT2D eigenvalue weighted by atomic mass is 16.5. The molecule has 7 nitrogen and oxygen atoms in total. The Kier molecular flexibility index (Phi) is 6.40. The van der Waals surface area contributed by atoms with Gasteiger partial charge in [0.25, 0.3) is 5.91 Å². The van der Waals surface area contributed by atoms with Gasteiger partial charge in [-0.05, 0) is 35.9 Å². The second kappa shape index (κ2) is 9.74. The predicted octanol–water partition coefficient (Wildman–Crippen LogP) is 5.35. The fraction of sp³-hybridized carbons (Fsp3) is 0.0769. The van der Waals surface area contributed by atoms with Crippen molar-refractivity contribution in [2.45, 2.75) is 0 Å². The van der Waals surface area contributed by atoms with Crippen LogP contribution in [0.15, 0.2) is 83.3 Å². The van der Waals surface area contributed by atoms with Gasteiger partial charge in [0.05, 0.1) is 19.9 Å². The summed E-state index contributed by atoms with van der Waals surface area (Å²) >= 11 is 0. The second-order valence-corrected chi connectivity index (χ2v) is 7.06. The highest BCUT2D eigenvalue weighted by Crippen LogP contribution is 2.33. The van der Waals surface area contributed by atoms with E-state index in [4.69, 9.17) is 13.9 Å². The molecule has 7 heteroatoms. The quantitative estimate of drug-likeness (QED) is 0.377. The molecule has 2 amide bonds. The van der Waals surface area contributed by atoms with Crippen LogP contribution in [-0.4, -0.2) is 26.0 Å². The van der Waals surface area contributed by atoms with Crippen LogP contribution in [0.3, 0.4) is 0 Å². The lowest BCUT2D eigenvalue weighted by atomic mass is 10.2. The number of ether oxygens (including phenoxy) is 2. The van der Waals surface area contributed by atoms with Gasteiger partial charge in [-0.25, -0.2) is 0 Å². The molecule has 0 bridgehead atoms. The molecule has 0 aliphatic rings. The van der Waals surface area contributed by atoms with Crippen LogP contribution in [0.1, 0.15) is 16.1 Å². The normalized spacial score (nSPS) is 10.8. The van der Waals surface area contributed by atoms with Gasteiger partial charge < -0.3 is 24.5 Å². The van der Waals surface area contributed by atoms with Crippen LogP contribution < -0.4 is 20.1 Å². The lowest BCUT2D eigenvalue weighted by Crippen LogP contribution is -2.16. The summed E-state index contributed by atoms with van der Waals surface area (Å²) in [5, 5.41) is 6.18. The zero-order valence-electron chi connectivity index (χ0n) is 18.1. The van der Waals surface area contributed by atoms with Gasteiger partial charge in [0, 0.05) is 17.5 Å². The van der Waals surface area contributed by atoms with Crippen LogP contribution in [0, 0.1) is 0 Å². The molecule has 0 fully saturated rings. The van der Waals surface area contributed by atoms with E-state index in [1.165, 1.54) is 13.2 Å². The maximum atomic E-state index is 13.1. The number of amides is 2. The number of methoxy groups -OCH3 is 2. The largest absolute Gasteiger partial charge is 0.497 e. The third-order valence-corrected chi connectivity index (χ3v) is 4.93. The van der Waals surface area contributed by atoms with Gasteiger partial charge in [0.15, 0.2) is 0 Å². The fourth-order valence-electron chi connectivity index (χ4n) is 3.31. The molecule has 1 aromatic heterocycles. The molecule has 1 heterocycles. The summed E-state index contributed by atoms with van der Waals surface area (Å²) < 4.78 is 16.3. The molecule has 3 aromatic carbocycles. The number of nitrogens with one attached hydrogen (secondary N) is 2. The monoisotopic (exact) mass is 442 g/mol. The van der Waals surface area contributed by atoms with Crippen LogP contribution in [0.5, 0.6) is 11.5 Å². The van der Waals surface area contributed by atoms with Crippen LogP contribution in [0.25, 0.3) is 17.0 Å². The first-order valence-electron chi connectivity index (χ1n) is 10.2. The lowest BCUT2D eigenvalue weighted by Gasteiger charge is -2.11. The number of hydrogen-bond donors (Lipinski definition) is 2. The van der Waals surface area contributed by atoms with Crippen LogP contribution >= 0.6 is 0 Å². The SMILES string of the molecule is COc1ccc(NC(=O)c2oc3ccccc3c2NC(=O)C=Cc2ccccc2)c(OC)c1. The Morgan fingerprint density at radius 1 is 0.879 bits per heavy atom. The van der Waals surface area contributed by atoms with Crippen molar-refractivity contribution in [2.24, 2.45) is 0 Å². The average molecular weight is 442 g/mol. The summed E-state index contributed by atoms with van der Waals surface area (Å²) in [7, 11) is 3.04. The molecular weight excluding hydrogens is 420 g/mol. The van der Waals surface area contributed by atoms with E-state index >= 15 is 0 Å². The van der Waals surface area contributed by atoms with Gasteiger partial charge in [-0.2, -0.15) is 0 Å². The Balaban J connectivity index is 1.63. The van der Waals surface area contributed by atoms with Crippen molar-refractivity contribution in [3.05, 3.63) is 90.2 Å². The zero-order chi connectivity index (χ0) is 23.2. The minimum absolute atomic E-state index is 0.0180. The van der Waals surface area contributed by atoms with Gasteiger partial charge >= 0.3 is 0 Å². The highest BCUT2D eigenvalue weighted by molar-refractivity contribution is 6.16. The fourth-order valence-corrected chi connectivity index (χ4v) is 3.31. The summed E-state index contributed by atoms with van der Waals surface area (Å²) in [5.74, 6) is 0.0796. The zero-order valence-corrected chi connectivity index (χ0v) is 18.1. The van der Waals surface area contributed by atoms with E-state index in [0.717, 1.165) is 5.56 Å². The smallest absolute Gasteiger partial charge is 0.293 e. The first-order valence-corrected chi connectivity index (χ1v) is 10.2. The number of furan rings is 1. The van der Waals surface area contributed by atoms with Crippen LogP contribution in [0.2, 0.25) is 0 Å². The molecule has 0 unspecified atom stereocenters. The summed E-state index contributed by atoms with van der Waals surface area (Å²) in [4.78, 5) is 25.8. The molecule has 4 aromatic rings. The number of para-hydroxylation sites is 1. The van der Waals surface area contributed by atoms with Crippen LogP contribution in [0.4, 0.5) is 11.4 Å². The Labute approximate surface area is 190 Å². The number of anilines is 2. The van der Waals surface area contributed by atoms with Crippen molar-refractivity contribution in [2.75, 3.05) is 24.9 Å². The van der Waals surface area contributed by atoms with Crippen molar-refractivity contribution < 1.29 is 23.5 Å². The van der Waals surface area contributed by atoms with Gasteiger partial charge in [-0.1, -0.05) is 42.5 Å². The van der Waals surface area contributed by atoms with E-state index in [1.54, 1.807) is 49.6 Å². The minimum atomic E-state index is -0.531. The Morgan fingerprint density at radius 2 is 1.64 bits per heavy atom. The predicted molar refractivity (Wildman–Crippen MR) is 128 cm³/mol. The summed E-state index contributed by atoms with van der Waals surface area (Å²) in [6.07, 6.45) is 3.10. The number of benzene rings is 3. The third-order valence-electron chi connectivity index (χ3n) is 4.93. The molecule has 0 spiro atoms. The van der Waals surface area contributed by atoms with Crippen molar-refractivity contribution in [3.8, 4) is 11.5 Å². The number of rotatable bonds is 7.